The smallest absolute Gasteiger partial charge is 0.327 e. The van der Waals surface area contributed by atoms with Gasteiger partial charge < -0.3 is 5.73 Å². The molecule has 0 aliphatic heterocycles. The quantitative estimate of drug-likeness (QED) is 0.488. The van der Waals surface area contributed by atoms with Gasteiger partial charge in [-0.25, -0.2) is 9.78 Å². The van der Waals surface area contributed by atoms with Crippen LogP contribution in [0.25, 0.3) is 0 Å². The zero-order valence-corrected chi connectivity index (χ0v) is 8.40. The Bertz CT molecular complexity index is 349. The molecular formula is C9H13N5O. The molecule has 0 fully saturated rings. The van der Waals surface area contributed by atoms with Crippen LogP contribution in [0.4, 0.5) is 10.6 Å². The fourth-order valence-electron chi connectivity index (χ4n) is 0.910. The van der Waals surface area contributed by atoms with Crippen molar-refractivity contribution in [1.82, 2.24) is 10.3 Å². The van der Waals surface area contributed by atoms with Crippen molar-refractivity contribution in [3.8, 4) is 0 Å². The zero-order valence-electron chi connectivity index (χ0n) is 8.40. The van der Waals surface area contributed by atoms with Crippen LogP contribution < -0.4 is 16.4 Å². The van der Waals surface area contributed by atoms with E-state index >= 15 is 0 Å². The molecule has 4 N–H and O–H groups in total. The van der Waals surface area contributed by atoms with Crippen molar-refractivity contribution >= 4 is 17.8 Å². The van der Waals surface area contributed by atoms with E-state index in [1.165, 1.54) is 0 Å². The van der Waals surface area contributed by atoms with E-state index in [9.17, 15) is 4.79 Å². The third-order valence-corrected chi connectivity index (χ3v) is 1.48. The third-order valence-electron chi connectivity index (χ3n) is 1.48. The van der Waals surface area contributed by atoms with Crippen LogP contribution >= 0.6 is 0 Å². The average molecular weight is 207 g/mol. The van der Waals surface area contributed by atoms with Crippen LogP contribution in [0.5, 0.6) is 0 Å². The van der Waals surface area contributed by atoms with E-state index in [1.54, 1.807) is 24.4 Å². The first-order valence-corrected chi connectivity index (χ1v) is 4.51. The molecule has 1 aromatic rings. The summed E-state index contributed by atoms with van der Waals surface area (Å²) in [5.74, 6) is 0.547. The number of anilines is 1. The Balaban J connectivity index is 2.47. The van der Waals surface area contributed by atoms with Gasteiger partial charge in [-0.2, -0.15) is 0 Å². The molecule has 0 aliphatic carbocycles. The molecule has 1 aromatic heterocycles. The van der Waals surface area contributed by atoms with Crippen LogP contribution in [0.3, 0.4) is 0 Å². The highest BCUT2D eigenvalue weighted by Crippen LogP contribution is 1.98. The monoisotopic (exact) mass is 207 g/mol. The predicted octanol–water partition coefficient (Wildman–Crippen LogP) is 0.538. The number of aromatic nitrogens is 1. The van der Waals surface area contributed by atoms with Gasteiger partial charge in [-0.05, 0) is 19.1 Å². The molecule has 80 valence electrons. The van der Waals surface area contributed by atoms with Gasteiger partial charge in [0.15, 0.2) is 5.96 Å². The lowest BCUT2D eigenvalue weighted by Crippen LogP contribution is -2.39. The number of carbonyl (C=O) groups excluding carboxylic acids is 1. The molecule has 0 saturated heterocycles. The highest BCUT2D eigenvalue weighted by Gasteiger charge is 2.02. The summed E-state index contributed by atoms with van der Waals surface area (Å²) in [4.78, 5) is 19.0. The second-order valence-corrected chi connectivity index (χ2v) is 2.65. The van der Waals surface area contributed by atoms with E-state index < -0.39 is 6.03 Å². The lowest BCUT2D eigenvalue weighted by Gasteiger charge is -2.05. The first-order chi connectivity index (χ1) is 7.22. The molecule has 0 saturated carbocycles. The average Bonchev–Trinajstić information content (AvgIpc) is 2.19. The van der Waals surface area contributed by atoms with E-state index in [0.29, 0.717) is 12.4 Å². The van der Waals surface area contributed by atoms with Crippen molar-refractivity contribution in [3.63, 3.8) is 0 Å². The van der Waals surface area contributed by atoms with Gasteiger partial charge in [0.2, 0.25) is 0 Å². The minimum absolute atomic E-state index is 0.0888. The van der Waals surface area contributed by atoms with Crippen molar-refractivity contribution < 1.29 is 4.79 Å². The number of nitrogens with one attached hydrogen (secondary N) is 2. The van der Waals surface area contributed by atoms with Gasteiger partial charge >= 0.3 is 6.03 Å². The molecule has 0 unspecified atom stereocenters. The molecule has 6 nitrogen and oxygen atoms in total. The molecule has 1 heterocycles. The van der Waals surface area contributed by atoms with Crippen LogP contribution in [-0.2, 0) is 0 Å². The van der Waals surface area contributed by atoms with E-state index in [-0.39, 0.29) is 5.96 Å². The van der Waals surface area contributed by atoms with Crippen LogP contribution in [0.15, 0.2) is 29.4 Å². The summed E-state index contributed by atoms with van der Waals surface area (Å²) < 4.78 is 0. The second kappa shape index (κ2) is 5.58. The number of pyridine rings is 1. The number of rotatable bonds is 2. The highest BCUT2D eigenvalue weighted by atomic mass is 16.2. The standard InChI is InChI=1S/C9H13N5O/c1-2-11-8(10)14-9(15)13-7-5-3-4-6-12-7/h3-6H,2H2,1H3,(H4,10,11,12,13,14,15). The first-order valence-electron chi connectivity index (χ1n) is 4.51. The summed E-state index contributed by atoms with van der Waals surface area (Å²) in [6, 6.07) is 4.75. The van der Waals surface area contributed by atoms with Gasteiger partial charge in [-0.3, -0.25) is 15.6 Å². The summed E-state index contributed by atoms with van der Waals surface area (Å²) >= 11 is 0. The number of nitrogens with two attached hydrogens (primary N) is 1. The van der Waals surface area contributed by atoms with Gasteiger partial charge in [-0.1, -0.05) is 6.07 Å². The number of amides is 2. The molecule has 0 radical (unpaired) electrons. The number of nitrogens with zero attached hydrogens (tertiary/aromatic N) is 2. The maximum absolute atomic E-state index is 11.3. The summed E-state index contributed by atoms with van der Waals surface area (Å²) in [6.07, 6.45) is 1.58. The number of carbonyl (C=O) groups is 1. The molecule has 2 amide bonds. The van der Waals surface area contributed by atoms with Crippen molar-refractivity contribution in [2.45, 2.75) is 6.92 Å². The molecule has 0 aromatic carbocycles. The first kappa shape index (κ1) is 11.0. The SMILES string of the molecule is CCN=C(N)NC(=O)Nc1ccccn1. The van der Waals surface area contributed by atoms with Crippen molar-refractivity contribution in [3.05, 3.63) is 24.4 Å². The predicted molar refractivity (Wildman–Crippen MR) is 58.6 cm³/mol. The molecule has 15 heavy (non-hydrogen) atoms. The lowest BCUT2D eigenvalue weighted by molar-refractivity contribution is 0.256. The molecule has 0 aliphatic rings. The maximum atomic E-state index is 11.3. The van der Waals surface area contributed by atoms with Gasteiger partial charge in [0.05, 0.1) is 0 Å². The van der Waals surface area contributed by atoms with Crippen molar-refractivity contribution in [2.75, 3.05) is 11.9 Å². The van der Waals surface area contributed by atoms with E-state index in [0.717, 1.165) is 0 Å². The summed E-state index contributed by atoms with van der Waals surface area (Å²) in [5.41, 5.74) is 5.40. The van der Waals surface area contributed by atoms with Crippen LogP contribution in [0.2, 0.25) is 0 Å². The van der Waals surface area contributed by atoms with E-state index in [2.05, 4.69) is 20.6 Å². The summed E-state index contributed by atoms with van der Waals surface area (Å²) in [6.45, 7) is 2.35. The minimum Gasteiger partial charge on any atom is -0.370 e. The Labute approximate surface area is 87.6 Å². The van der Waals surface area contributed by atoms with E-state index in [4.69, 9.17) is 5.73 Å². The van der Waals surface area contributed by atoms with Gasteiger partial charge in [0.1, 0.15) is 5.82 Å². The number of guanidine groups is 1. The normalized spacial score (nSPS) is 10.9. The highest BCUT2D eigenvalue weighted by molar-refractivity contribution is 6.01. The fourth-order valence-corrected chi connectivity index (χ4v) is 0.910. The number of hydrogen-bond donors (Lipinski definition) is 3. The Kier molecular flexibility index (Phi) is 4.08. The minimum atomic E-state index is -0.455. The second-order valence-electron chi connectivity index (χ2n) is 2.65. The van der Waals surface area contributed by atoms with Gasteiger partial charge in [0, 0.05) is 12.7 Å². The fraction of sp³-hybridized carbons (Fsp3) is 0.222. The Morgan fingerprint density at radius 1 is 1.60 bits per heavy atom. The van der Waals surface area contributed by atoms with Crippen LogP contribution in [-0.4, -0.2) is 23.5 Å². The van der Waals surface area contributed by atoms with E-state index in [1.807, 2.05) is 6.92 Å². The van der Waals surface area contributed by atoms with Crippen LogP contribution in [0.1, 0.15) is 6.92 Å². The Morgan fingerprint density at radius 2 is 2.40 bits per heavy atom. The maximum Gasteiger partial charge on any atom is 0.327 e. The Morgan fingerprint density at radius 3 is 3.00 bits per heavy atom. The molecule has 0 atom stereocenters. The lowest BCUT2D eigenvalue weighted by atomic mass is 10.5. The number of hydrogen-bond acceptors (Lipinski definition) is 3. The number of urea groups is 1. The molecular weight excluding hydrogens is 194 g/mol. The largest absolute Gasteiger partial charge is 0.370 e. The molecule has 6 heteroatoms. The van der Waals surface area contributed by atoms with Gasteiger partial charge in [0.25, 0.3) is 0 Å². The Hall–Kier alpha value is -2.11. The zero-order chi connectivity index (χ0) is 11.1. The number of aliphatic imine (C=N–C) groups is 1. The van der Waals surface area contributed by atoms with Gasteiger partial charge in [-0.15, -0.1) is 0 Å². The molecule has 0 spiro atoms. The summed E-state index contributed by atoms with van der Waals surface area (Å²) in [5, 5.41) is 4.88. The van der Waals surface area contributed by atoms with Crippen molar-refractivity contribution in [1.29, 1.82) is 0 Å². The molecule has 0 bridgehead atoms. The molecule has 1 rings (SSSR count). The van der Waals surface area contributed by atoms with Crippen molar-refractivity contribution in [2.24, 2.45) is 10.7 Å². The topological polar surface area (TPSA) is 92.4 Å². The third kappa shape index (κ3) is 4.08. The summed E-state index contributed by atoms with van der Waals surface area (Å²) in [7, 11) is 0. The van der Waals surface area contributed by atoms with Crippen LogP contribution in [0, 0.1) is 0 Å².